The topological polar surface area (TPSA) is 41.5 Å². The van der Waals surface area contributed by atoms with Crippen LogP contribution in [0.4, 0.5) is 0 Å². The van der Waals surface area contributed by atoms with E-state index < -0.39 is 0 Å². The van der Waals surface area contributed by atoms with E-state index in [2.05, 4.69) is 35.6 Å². The maximum Gasteiger partial charge on any atom is 0.119 e. The minimum atomic E-state index is -0.0845. The van der Waals surface area contributed by atoms with Crippen LogP contribution in [0.3, 0.4) is 0 Å². The molecule has 0 heterocycles. The molecule has 3 heteroatoms. The molecule has 0 aliphatic heterocycles. The third-order valence-electron chi connectivity index (χ3n) is 4.40. The number of nitrogens with one attached hydrogen (secondary N) is 1. The number of aliphatic hydroxyl groups excluding tert-OH is 1. The van der Waals surface area contributed by atoms with Crippen molar-refractivity contribution in [1.82, 2.24) is 5.32 Å². The standard InChI is InChI=1S/C18H23NO2/c1-21-18-9-4-14-10-13(2-3-15(14)11-18)12-19-16-5-7-17(20)8-6-16/h2-4,9-11,16-17,19-20H,5-8,12H2,1H3. The molecular weight excluding hydrogens is 262 g/mol. The molecule has 0 aromatic heterocycles. The number of benzene rings is 2. The third kappa shape index (κ3) is 3.55. The summed E-state index contributed by atoms with van der Waals surface area (Å²) in [6.45, 7) is 0.892. The Kier molecular flexibility index (Phi) is 4.42. The average Bonchev–Trinajstić information content (AvgIpc) is 2.53. The molecule has 0 amide bonds. The molecule has 3 nitrogen and oxygen atoms in total. The Hall–Kier alpha value is -1.58. The molecule has 21 heavy (non-hydrogen) atoms. The number of methoxy groups -OCH3 is 1. The van der Waals surface area contributed by atoms with Gasteiger partial charge in [0.25, 0.3) is 0 Å². The number of hydrogen-bond acceptors (Lipinski definition) is 3. The summed E-state index contributed by atoms with van der Waals surface area (Å²) in [5.74, 6) is 0.897. The fraction of sp³-hybridized carbons (Fsp3) is 0.444. The summed E-state index contributed by atoms with van der Waals surface area (Å²) in [7, 11) is 1.70. The van der Waals surface area contributed by atoms with Crippen molar-refractivity contribution in [2.45, 2.75) is 44.4 Å². The molecule has 2 N–H and O–H groups in total. The predicted octanol–water partition coefficient (Wildman–Crippen LogP) is 3.24. The number of aliphatic hydroxyl groups is 1. The molecule has 3 rings (SSSR count). The monoisotopic (exact) mass is 285 g/mol. The van der Waals surface area contributed by atoms with Gasteiger partial charge in [-0.15, -0.1) is 0 Å². The quantitative estimate of drug-likeness (QED) is 0.906. The highest BCUT2D eigenvalue weighted by molar-refractivity contribution is 5.84. The Morgan fingerprint density at radius 3 is 2.52 bits per heavy atom. The molecule has 0 atom stereocenters. The number of hydrogen-bond donors (Lipinski definition) is 2. The summed E-state index contributed by atoms with van der Waals surface area (Å²) in [5.41, 5.74) is 1.30. The lowest BCUT2D eigenvalue weighted by Gasteiger charge is -2.26. The van der Waals surface area contributed by atoms with Crippen LogP contribution in [-0.4, -0.2) is 24.4 Å². The van der Waals surface area contributed by atoms with Gasteiger partial charge in [0.15, 0.2) is 0 Å². The largest absolute Gasteiger partial charge is 0.497 e. The van der Waals surface area contributed by atoms with Crippen LogP contribution in [0.2, 0.25) is 0 Å². The van der Waals surface area contributed by atoms with Gasteiger partial charge in [-0.25, -0.2) is 0 Å². The molecule has 0 spiro atoms. The molecule has 0 bridgehead atoms. The zero-order valence-corrected chi connectivity index (χ0v) is 12.5. The molecule has 0 saturated heterocycles. The SMILES string of the molecule is COc1ccc2cc(CNC3CCC(O)CC3)ccc2c1. The molecule has 112 valence electrons. The molecule has 0 radical (unpaired) electrons. The number of fused-ring (bicyclic) bond motifs is 1. The van der Waals surface area contributed by atoms with Crippen LogP contribution in [0, 0.1) is 0 Å². The van der Waals surface area contributed by atoms with Gasteiger partial charge in [-0.1, -0.05) is 18.2 Å². The van der Waals surface area contributed by atoms with E-state index in [1.807, 2.05) is 6.07 Å². The second kappa shape index (κ2) is 6.46. The van der Waals surface area contributed by atoms with E-state index in [0.717, 1.165) is 38.0 Å². The minimum Gasteiger partial charge on any atom is -0.497 e. The van der Waals surface area contributed by atoms with Crippen molar-refractivity contribution in [3.63, 3.8) is 0 Å². The lowest BCUT2D eigenvalue weighted by Crippen LogP contribution is -2.34. The molecule has 1 saturated carbocycles. The van der Waals surface area contributed by atoms with Crippen molar-refractivity contribution in [2.24, 2.45) is 0 Å². The Balaban J connectivity index is 1.64. The molecule has 1 aliphatic carbocycles. The smallest absolute Gasteiger partial charge is 0.119 e. The summed E-state index contributed by atoms with van der Waals surface area (Å²) < 4.78 is 5.26. The summed E-state index contributed by atoms with van der Waals surface area (Å²) in [6.07, 6.45) is 3.92. The summed E-state index contributed by atoms with van der Waals surface area (Å²) in [4.78, 5) is 0. The Morgan fingerprint density at radius 2 is 1.76 bits per heavy atom. The zero-order chi connectivity index (χ0) is 14.7. The van der Waals surface area contributed by atoms with Gasteiger partial charge in [0.2, 0.25) is 0 Å². The first-order valence-corrected chi connectivity index (χ1v) is 7.73. The van der Waals surface area contributed by atoms with Crippen LogP contribution in [0.5, 0.6) is 5.75 Å². The summed E-state index contributed by atoms with van der Waals surface area (Å²) >= 11 is 0. The Bertz CT molecular complexity index is 603. The molecular formula is C18H23NO2. The van der Waals surface area contributed by atoms with Crippen molar-refractivity contribution >= 4 is 10.8 Å². The van der Waals surface area contributed by atoms with Crippen LogP contribution < -0.4 is 10.1 Å². The lowest BCUT2D eigenvalue weighted by atomic mass is 9.93. The van der Waals surface area contributed by atoms with E-state index >= 15 is 0 Å². The number of rotatable bonds is 4. The van der Waals surface area contributed by atoms with E-state index in [4.69, 9.17) is 4.74 Å². The van der Waals surface area contributed by atoms with Crippen molar-refractivity contribution < 1.29 is 9.84 Å². The maximum absolute atomic E-state index is 9.54. The van der Waals surface area contributed by atoms with Crippen LogP contribution in [0.25, 0.3) is 10.8 Å². The average molecular weight is 285 g/mol. The van der Waals surface area contributed by atoms with Crippen molar-refractivity contribution in [3.05, 3.63) is 42.0 Å². The Morgan fingerprint density at radius 1 is 1.05 bits per heavy atom. The van der Waals surface area contributed by atoms with Crippen molar-refractivity contribution in [2.75, 3.05) is 7.11 Å². The van der Waals surface area contributed by atoms with Gasteiger partial charge in [0.05, 0.1) is 13.2 Å². The van der Waals surface area contributed by atoms with Crippen molar-refractivity contribution in [1.29, 1.82) is 0 Å². The molecule has 1 fully saturated rings. The van der Waals surface area contributed by atoms with Gasteiger partial charge < -0.3 is 15.2 Å². The van der Waals surface area contributed by atoms with Crippen LogP contribution >= 0.6 is 0 Å². The minimum absolute atomic E-state index is 0.0845. The maximum atomic E-state index is 9.54. The molecule has 2 aromatic carbocycles. The highest BCUT2D eigenvalue weighted by Gasteiger charge is 2.18. The van der Waals surface area contributed by atoms with Gasteiger partial charge in [-0.05, 0) is 60.2 Å². The van der Waals surface area contributed by atoms with Crippen molar-refractivity contribution in [3.8, 4) is 5.75 Å². The highest BCUT2D eigenvalue weighted by Crippen LogP contribution is 2.23. The number of ether oxygens (including phenoxy) is 1. The molecule has 0 unspecified atom stereocenters. The van der Waals surface area contributed by atoms with E-state index in [1.54, 1.807) is 7.11 Å². The normalized spacial score (nSPS) is 22.4. The summed E-state index contributed by atoms with van der Waals surface area (Å²) in [6, 6.07) is 13.3. The molecule has 2 aromatic rings. The van der Waals surface area contributed by atoms with Gasteiger partial charge in [-0.2, -0.15) is 0 Å². The first-order valence-electron chi connectivity index (χ1n) is 7.73. The predicted molar refractivity (Wildman–Crippen MR) is 85.6 cm³/mol. The lowest BCUT2D eigenvalue weighted by molar-refractivity contribution is 0.116. The second-order valence-corrected chi connectivity index (χ2v) is 5.93. The van der Waals surface area contributed by atoms with Gasteiger partial charge in [0, 0.05) is 12.6 Å². The highest BCUT2D eigenvalue weighted by atomic mass is 16.5. The zero-order valence-electron chi connectivity index (χ0n) is 12.5. The van der Waals surface area contributed by atoms with Crippen LogP contribution in [0.15, 0.2) is 36.4 Å². The second-order valence-electron chi connectivity index (χ2n) is 5.93. The van der Waals surface area contributed by atoms with Crippen LogP contribution in [-0.2, 0) is 6.54 Å². The van der Waals surface area contributed by atoms with Gasteiger partial charge in [-0.3, -0.25) is 0 Å². The first-order chi connectivity index (χ1) is 10.2. The third-order valence-corrected chi connectivity index (χ3v) is 4.40. The van der Waals surface area contributed by atoms with Gasteiger partial charge >= 0.3 is 0 Å². The first kappa shape index (κ1) is 14.4. The fourth-order valence-electron chi connectivity index (χ4n) is 3.05. The van der Waals surface area contributed by atoms with E-state index in [1.165, 1.54) is 16.3 Å². The van der Waals surface area contributed by atoms with E-state index in [-0.39, 0.29) is 6.10 Å². The van der Waals surface area contributed by atoms with Crippen LogP contribution in [0.1, 0.15) is 31.2 Å². The Labute approximate surface area is 125 Å². The van der Waals surface area contributed by atoms with E-state index in [0.29, 0.717) is 6.04 Å². The summed E-state index contributed by atoms with van der Waals surface area (Å²) in [5, 5.41) is 15.6. The molecule has 1 aliphatic rings. The van der Waals surface area contributed by atoms with Gasteiger partial charge in [0.1, 0.15) is 5.75 Å². The van der Waals surface area contributed by atoms with E-state index in [9.17, 15) is 5.11 Å². The fourth-order valence-corrected chi connectivity index (χ4v) is 3.05.